The number of phenolic OH excluding ortho intramolecular Hbond substituents is 1. The lowest BCUT2D eigenvalue weighted by Gasteiger charge is -2.43. The average molecular weight is 799 g/mol. The zero-order valence-electron chi connectivity index (χ0n) is 32.3. The summed E-state index contributed by atoms with van der Waals surface area (Å²) in [6.07, 6.45) is 0.679. The topological polar surface area (TPSA) is 176 Å². The number of aromatic hydroxyl groups is 1. The van der Waals surface area contributed by atoms with Crippen LogP contribution < -0.4 is 20.9 Å². The Labute approximate surface area is 340 Å². The summed E-state index contributed by atoms with van der Waals surface area (Å²) in [5, 5.41) is 27.7. The van der Waals surface area contributed by atoms with E-state index in [0.717, 1.165) is 49.2 Å². The second kappa shape index (κ2) is 18.0. The van der Waals surface area contributed by atoms with Crippen molar-refractivity contribution < 1.29 is 38.4 Å². The van der Waals surface area contributed by atoms with E-state index in [-0.39, 0.29) is 42.7 Å². The van der Waals surface area contributed by atoms with Crippen LogP contribution in [0.2, 0.25) is 0 Å². The monoisotopic (exact) mass is 798 g/mol. The molecule has 9 rings (SSSR count). The number of aromatic nitrogens is 1. The maximum Gasteiger partial charge on any atom is 0.408 e. The van der Waals surface area contributed by atoms with E-state index in [1.807, 2.05) is 66.7 Å². The van der Waals surface area contributed by atoms with Gasteiger partial charge in [-0.15, -0.1) is 0 Å². The lowest BCUT2D eigenvalue weighted by Crippen LogP contribution is -2.52. The molecule has 5 N–H and O–H groups in total. The van der Waals surface area contributed by atoms with Crippen molar-refractivity contribution in [1.82, 2.24) is 20.5 Å². The highest BCUT2D eigenvalue weighted by Crippen LogP contribution is 2.31. The number of phenols is 1. The summed E-state index contributed by atoms with van der Waals surface area (Å²) in [5.74, 6) is 1.52. The molecule has 3 fully saturated rings. The zero-order valence-corrected chi connectivity index (χ0v) is 32.3. The number of benzene rings is 4. The lowest BCUT2D eigenvalue weighted by molar-refractivity contribution is -0.0336. The van der Waals surface area contributed by atoms with Gasteiger partial charge in [-0.2, -0.15) is 0 Å². The summed E-state index contributed by atoms with van der Waals surface area (Å²) in [5.41, 5.74) is 3.50. The normalized spacial score (nSPS) is 18.2. The van der Waals surface area contributed by atoms with Gasteiger partial charge in [-0.05, 0) is 103 Å². The number of rotatable bonds is 15. The third-order valence-corrected chi connectivity index (χ3v) is 11.0. The lowest BCUT2D eigenvalue weighted by atomic mass is 9.86. The molecular weight excluding hydrogens is 753 g/mol. The van der Waals surface area contributed by atoms with Crippen molar-refractivity contribution >= 4 is 23.0 Å². The Morgan fingerprint density at radius 3 is 2.42 bits per heavy atom. The number of esters is 1. The van der Waals surface area contributed by atoms with E-state index in [1.165, 1.54) is 12.1 Å². The SMILES string of the molecule is O=C(N[C@@H](c1ccccc1)c1cccc(OCc2ccc(C(=O)OCc3ccc(CNCC(O)c4ccc(O)c5[nH]c(=O)ccc45)o3)cc2)c1)OC1CN2CCC1CC2. The molecule has 304 valence electrons. The largest absolute Gasteiger partial charge is 0.506 e. The minimum absolute atomic E-state index is 0.0589. The van der Waals surface area contributed by atoms with Crippen LogP contribution in [0, 0.1) is 5.92 Å². The van der Waals surface area contributed by atoms with Gasteiger partial charge in [0.15, 0.2) is 0 Å². The molecule has 0 spiro atoms. The van der Waals surface area contributed by atoms with Crippen molar-refractivity contribution in [3.05, 3.63) is 165 Å². The number of nitrogens with zero attached hydrogens (tertiary/aromatic N) is 1. The highest BCUT2D eigenvalue weighted by molar-refractivity contribution is 5.89. The molecule has 1 amide bonds. The molecule has 0 radical (unpaired) electrons. The van der Waals surface area contributed by atoms with Gasteiger partial charge in [0, 0.05) is 24.5 Å². The van der Waals surface area contributed by atoms with E-state index in [4.69, 9.17) is 18.6 Å². The number of ether oxygens (including phenoxy) is 3. The Bertz CT molecular complexity index is 2440. The van der Waals surface area contributed by atoms with E-state index >= 15 is 0 Å². The Balaban J connectivity index is 0.806. The number of piperidine rings is 3. The Morgan fingerprint density at radius 1 is 0.864 bits per heavy atom. The fourth-order valence-corrected chi connectivity index (χ4v) is 7.83. The number of nitrogens with one attached hydrogen (secondary N) is 3. The first kappa shape index (κ1) is 39.4. The summed E-state index contributed by atoms with van der Waals surface area (Å²) >= 11 is 0. The molecule has 6 aromatic rings. The van der Waals surface area contributed by atoms with E-state index in [0.29, 0.717) is 46.2 Å². The van der Waals surface area contributed by atoms with E-state index in [1.54, 1.807) is 36.4 Å². The highest BCUT2D eigenvalue weighted by Gasteiger charge is 2.37. The van der Waals surface area contributed by atoms with Gasteiger partial charge in [-0.25, -0.2) is 9.59 Å². The molecule has 3 atom stereocenters. The molecule has 2 unspecified atom stereocenters. The van der Waals surface area contributed by atoms with E-state index in [2.05, 4.69) is 20.5 Å². The van der Waals surface area contributed by atoms with Crippen LogP contribution >= 0.6 is 0 Å². The highest BCUT2D eigenvalue weighted by atomic mass is 16.6. The van der Waals surface area contributed by atoms with Gasteiger partial charge in [-0.3, -0.25) is 9.69 Å². The number of carbonyl (C=O) groups is 2. The van der Waals surface area contributed by atoms with Crippen molar-refractivity contribution in [3.8, 4) is 11.5 Å². The van der Waals surface area contributed by atoms with Crippen molar-refractivity contribution in [2.75, 3.05) is 26.2 Å². The predicted molar refractivity (Wildman–Crippen MR) is 219 cm³/mol. The van der Waals surface area contributed by atoms with Crippen LogP contribution in [-0.2, 0) is 29.2 Å². The number of fused-ring (bicyclic) bond motifs is 4. The molecule has 0 aliphatic carbocycles. The smallest absolute Gasteiger partial charge is 0.408 e. The first-order valence-corrected chi connectivity index (χ1v) is 19.8. The van der Waals surface area contributed by atoms with Crippen molar-refractivity contribution in [1.29, 1.82) is 0 Å². The van der Waals surface area contributed by atoms with Crippen LogP contribution in [0.3, 0.4) is 0 Å². The molecule has 3 saturated heterocycles. The molecule has 5 heterocycles. The number of aliphatic hydroxyl groups excluding tert-OH is 1. The van der Waals surface area contributed by atoms with Crippen LogP contribution in [0.1, 0.15) is 69.1 Å². The van der Waals surface area contributed by atoms with Crippen molar-refractivity contribution in [2.24, 2.45) is 5.92 Å². The second-order valence-corrected chi connectivity index (χ2v) is 15.0. The molecule has 0 saturated carbocycles. The van der Waals surface area contributed by atoms with Crippen molar-refractivity contribution in [3.63, 3.8) is 0 Å². The molecule has 59 heavy (non-hydrogen) atoms. The maximum absolute atomic E-state index is 13.2. The molecule has 2 bridgehead atoms. The second-order valence-electron chi connectivity index (χ2n) is 15.0. The predicted octanol–water partition coefficient (Wildman–Crippen LogP) is 6.50. The quantitative estimate of drug-likeness (QED) is 0.0718. The number of hydrogen-bond acceptors (Lipinski definition) is 11. The zero-order chi connectivity index (χ0) is 40.7. The van der Waals surface area contributed by atoms with Gasteiger partial charge in [-0.1, -0.05) is 60.7 Å². The minimum atomic E-state index is -0.915. The first-order chi connectivity index (χ1) is 28.8. The molecule has 2 aromatic heterocycles. The Hall–Kier alpha value is -6.41. The molecule has 4 aromatic carbocycles. The molecular formula is C46H46N4O9. The third kappa shape index (κ3) is 9.66. The van der Waals surface area contributed by atoms with Crippen molar-refractivity contribution in [2.45, 2.75) is 50.8 Å². The summed E-state index contributed by atoms with van der Waals surface area (Å²) in [6.45, 7) is 3.62. The summed E-state index contributed by atoms with van der Waals surface area (Å²) in [6, 6.07) is 33.4. The van der Waals surface area contributed by atoms with Gasteiger partial charge < -0.3 is 44.5 Å². The number of pyridine rings is 1. The summed E-state index contributed by atoms with van der Waals surface area (Å²) in [4.78, 5) is 42.7. The van der Waals surface area contributed by atoms with Crippen LogP contribution in [0.5, 0.6) is 11.5 Å². The van der Waals surface area contributed by atoms with Crippen LogP contribution in [-0.4, -0.2) is 64.4 Å². The number of furan rings is 1. The summed E-state index contributed by atoms with van der Waals surface area (Å²) in [7, 11) is 0. The molecule has 3 aliphatic rings. The van der Waals surface area contributed by atoms with Gasteiger partial charge >= 0.3 is 12.1 Å². The molecule has 13 heteroatoms. The van der Waals surface area contributed by atoms with Gasteiger partial charge in [0.1, 0.15) is 42.3 Å². The Kier molecular flexibility index (Phi) is 12.0. The number of aliphatic hydroxyl groups is 1. The van der Waals surface area contributed by atoms with Crippen LogP contribution in [0.4, 0.5) is 4.79 Å². The van der Waals surface area contributed by atoms with Crippen LogP contribution in [0.25, 0.3) is 10.9 Å². The van der Waals surface area contributed by atoms with E-state index in [9.17, 15) is 24.6 Å². The molecule has 13 nitrogen and oxygen atoms in total. The standard InChI is InChI=1S/C46H46N4O9/c51-39-17-15-37(38-16-18-42(53)48-44(38)39)40(52)25-47-24-35-13-14-36(58-35)28-57-45(54)32-11-9-29(10-12-32)27-56-34-8-4-7-33(23-34)43(31-5-2-1-3-6-31)49-46(55)59-41-26-50-21-19-30(41)20-22-50/h1-18,23,30,40-41,43,47,51-52H,19-22,24-28H2,(H,48,53)(H,49,55)/t40?,41?,43-/m0/s1. The number of H-pyrrole nitrogens is 1. The van der Waals surface area contributed by atoms with E-state index < -0.39 is 24.2 Å². The first-order valence-electron chi connectivity index (χ1n) is 19.8. The van der Waals surface area contributed by atoms with Crippen LogP contribution in [0.15, 0.2) is 124 Å². The maximum atomic E-state index is 13.2. The number of amides is 1. The number of hydrogen-bond donors (Lipinski definition) is 5. The Morgan fingerprint density at radius 2 is 1.64 bits per heavy atom. The van der Waals surface area contributed by atoms with Gasteiger partial charge in [0.2, 0.25) is 5.56 Å². The average Bonchev–Trinajstić information content (AvgIpc) is 3.72. The fourth-order valence-electron chi connectivity index (χ4n) is 7.83. The molecule has 3 aliphatic heterocycles. The van der Waals surface area contributed by atoms with Gasteiger partial charge in [0.25, 0.3) is 0 Å². The minimum Gasteiger partial charge on any atom is -0.506 e. The van der Waals surface area contributed by atoms with Gasteiger partial charge in [0.05, 0.1) is 29.8 Å². The third-order valence-electron chi connectivity index (χ3n) is 11.0. The number of carbonyl (C=O) groups excluding carboxylic acids is 2. The number of aromatic amines is 1. The fraction of sp³-hybridized carbons (Fsp3) is 0.283. The number of alkyl carbamates (subject to hydrolysis) is 1. The summed E-state index contributed by atoms with van der Waals surface area (Å²) < 4.78 is 23.4.